The molecule has 6 heterocycles. The van der Waals surface area contributed by atoms with Crippen molar-refractivity contribution in [1.29, 1.82) is 0 Å². The minimum atomic E-state index is 0.180. The summed E-state index contributed by atoms with van der Waals surface area (Å²) in [7, 11) is 0. The highest BCUT2D eigenvalue weighted by atomic mass is 32.1. The van der Waals surface area contributed by atoms with E-state index >= 15 is 0 Å². The number of rotatable bonds is 0. The maximum atomic E-state index is 4.20. The van der Waals surface area contributed by atoms with Gasteiger partial charge in [-0.15, -0.1) is 11.3 Å². The van der Waals surface area contributed by atoms with E-state index in [9.17, 15) is 0 Å². The normalized spacial score (nSPS) is 12.2. The molecule has 1 N–H and O–H groups in total. The molecule has 0 amide bonds. The van der Waals surface area contributed by atoms with Gasteiger partial charge < -0.3 is 9.38 Å². The van der Waals surface area contributed by atoms with Gasteiger partial charge in [0.2, 0.25) is 0 Å². The Kier molecular flexibility index (Phi) is 7.99. The third-order valence-electron chi connectivity index (χ3n) is 6.55. The highest BCUT2D eigenvalue weighted by Gasteiger charge is 2.17. The van der Waals surface area contributed by atoms with Gasteiger partial charge in [-0.05, 0) is 52.1 Å². The first-order valence-electron chi connectivity index (χ1n) is 13.4. The highest BCUT2D eigenvalue weighted by molar-refractivity contribution is 7.19. The standard InChI is InChI=1S/2C11H14N2.C11H13NS/c1-11(2,3)10-6-8-7-12-5-4-9(8)13-10;1-11(2,3)9-4-5-10-12-6-7-13(10)8-9;1-11(2,3)10-6-8-4-5-12-7-9(8)13-10/h4-7,13H,1-3H3;4-8H,1-3H3;4-7H,1-3H3. The van der Waals surface area contributed by atoms with Crippen LogP contribution in [-0.4, -0.2) is 24.3 Å². The molecule has 6 aromatic rings. The molecule has 0 aliphatic rings. The lowest BCUT2D eigenvalue weighted by Gasteiger charge is -2.18. The van der Waals surface area contributed by atoms with E-state index in [-0.39, 0.29) is 16.2 Å². The smallest absolute Gasteiger partial charge is 0.136 e. The first kappa shape index (κ1) is 28.5. The highest BCUT2D eigenvalue weighted by Crippen LogP contribution is 2.33. The molecule has 5 nitrogen and oxygen atoms in total. The van der Waals surface area contributed by atoms with E-state index in [0.29, 0.717) is 0 Å². The topological polar surface area (TPSA) is 58.9 Å². The Morgan fingerprint density at radius 1 is 0.718 bits per heavy atom. The number of H-pyrrole nitrogens is 1. The number of pyridine rings is 3. The first-order valence-corrected chi connectivity index (χ1v) is 14.2. The van der Waals surface area contributed by atoms with Crippen molar-refractivity contribution in [2.45, 2.75) is 78.6 Å². The number of fused-ring (bicyclic) bond motifs is 3. The van der Waals surface area contributed by atoms with Gasteiger partial charge in [0.05, 0.1) is 4.70 Å². The second kappa shape index (κ2) is 10.9. The maximum absolute atomic E-state index is 4.20. The predicted molar refractivity (Wildman–Crippen MR) is 167 cm³/mol. The van der Waals surface area contributed by atoms with Gasteiger partial charge in [0.1, 0.15) is 5.65 Å². The second-order valence-corrected chi connectivity index (χ2v) is 14.1. The van der Waals surface area contributed by atoms with E-state index in [4.69, 9.17) is 0 Å². The lowest BCUT2D eigenvalue weighted by atomic mass is 9.88. The van der Waals surface area contributed by atoms with E-state index < -0.39 is 0 Å². The summed E-state index contributed by atoms with van der Waals surface area (Å²) in [6.45, 7) is 20.0. The number of hydrogen-bond acceptors (Lipinski definition) is 4. The van der Waals surface area contributed by atoms with E-state index in [2.05, 4.69) is 123 Å². The molecule has 0 aromatic carbocycles. The summed E-state index contributed by atoms with van der Waals surface area (Å²) in [6.07, 6.45) is 13.4. The Bertz CT molecular complexity index is 1500. The van der Waals surface area contributed by atoms with Crippen molar-refractivity contribution in [1.82, 2.24) is 24.3 Å². The van der Waals surface area contributed by atoms with Crippen LogP contribution in [0.2, 0.25) is 0 Å². The van der Waals surface area contributed by atoms with Crippen LogP contribution in [0.3, 0.4) is 0 Å². The Labute approximate surface area is 236 Å². The molecular weight excluding hydrogens is 498 g/mol. The molecular formula is C33H41N5S. The molecule has 0 fully saturated rings. The van der Waals surface area contributed by atoms with Gasteiger partial charge in [-0.25, -0.2) is 4.98 Å². The van der Waals surface area contributed by atoms with E-state index in [0.717, 1.165) is 5.65 Å². The fourth-order valence-electron chi connectivity index (χ4n) is 3.99. The lowest BCUT2D eigenvalue weighted by molar-refractivity contribution is 0.574. The molecule has 204 valence electrons. The zero-order valence-corrected chi connectivity index (χ0v) is 25.5. The minimum absolute atomic E-state index is 0.180. The van der Waals surface area contributed by atoms with Crippen molar-refractivity contribution < 1.29 is 0 Å². The molecule has 0 atom stereocenters. The predicted octanol–water partition coefficient (Wildman–Crippen LogP) is 9.09. The van der Waals surface area contributed by atoms with Crippen molar-refractivity contribution in [3.05, 3.63) is 95.9 Å². The molecule has 0 aliphatic carbocycles. The van der Waals surface area contributed by atoms with Crippen LogP contribution >= 0.6 is 11.3 Å². The molecule has 0 spiro atoms. The number of thiophene rings is 1. The van der Waals surface area contributed by atoms with Gasteiger partial charge in [0, 0.05) is 70.3 Å². The second-order valence-electron chi connectivity index (χ2n) is 13.0. The molecule has 0 unspecified atom stereocenters. The van der Waals surface area contributed by atoms with E-state index in [1.54, 1.807) is 0 Å². The molecule has 0 bridgehead atoms. The zero-order chi connectivity index (χ0) is 28.4. The third kappa shape index (κ3) is 7.12. The largest absolute Gasteiger partial charge is 0.358 e. The van der Waals surface area contributed by atoms with Gasteiger partial charge >= 0.3 is 0 Å². The number of aromatic nitrogens is 5. The molecule has 0 saturated carbocycles. The summed E-state index contributed by atoms with van der Waals surface area (Å²) in [5, 5.41) is 2.50. The minimum Gasteiger partial charge on any atom is -0.358 e. The van der Waals surface area contributed by atoms with Gasteiger partial charge in [-0.1, -0.05) is 68.4 Å². The fourth-order valence-corrected chi connectivity index (χ4v) is 5.08. The number of nitrogens with one attached hydrogen (secondary N) is 1. The third-order valence-corrected chi connectivity index (χ3v) is 8.06. The first-order chi connectivity index (χ1) is 18.2. The van der Waals surface area contributed by atoms with Crippen LogP contribution < -0.4 is 0 Å². The van der Waals surface area contributed by atoms with Gasteiger partial charge in [-0.2, -0.15) is 0 Å². The molecule has 6 rings (SSSR count). The summed E-state index contributed by atoms with van der Waals surface area (Å²) in [4.78, 5) is 17.2. The number of nitrogens with zero attached hydrogens (tertiary/aromatic N) is 4. The summed E-state index contributed by atoms with van der Waals surface area (Å²) < 4.78 is 3.34. The average molecular weight is 540 g/mol. The van der Waals surface area contributed by atoms with Crippen LogP contribution in [0.4, 0.5) is 0 Å². The lowest BCUT2D eigenvalue weighted by Crippen LogP contribution is -2.11. The Hall–Kier alpha value is -3.51. The van der Waals surface area contributed by atoms with Crippen molar-refractivity contribution in [3.8, 4) is 0 Å². The van der Waals surface area contributed by atoms with Crippen LogP contribution in [-0.2, 0) is 16.2 Å². The van der Waals surface area contributed by atoms with Crippen LogP contribution in [0.25, 0.3) is 26.6 Å². The van der Waals surface area contributed by atoms with E-state index in [1.165, 1.54) is 37.1 Å². The number of hydrogen-bond donors (Lipinski definition) is 1. The average Bonchev–Trinajstić information content (AvgIpc) is 3.60. The quantitative estimate of drug-likeness (QED) is 0.209. The molecule has 6 aromatic heterocycles. The Balaban J connectivity index is 0.000000136. The Morgan fingerprint density at radius 2 is 1.44 bits per heavy atom. The Morgan fingerprint density at radius 3 is 2.08 bits per heavy atom. The van der Waals surface area contributed by atoms with Gasteiger partial charge in [-0.3, -0.25) is 9.97 Å². The van der Waals surface area contributed by atoms with Crippen molar-refractivity contribution in [3.63, 3.8) is 0 Å². The molecule has 6 heteroatoms. The fraction of sp³-hybridized carbons (Fsp3) is 0.364. The number of imidazole rings is 1. The van der Waals surface area contributed by atoms with Crippen LogP contribution in [0.1, 0.15) is 78.4 Å². The summed E-state index contributed by atoms with van der Waals surface area (Å²) in [5.74, 6) is 0. The molecule has 0 radical (unpaired) electrons. The summed E-state index contributed by atoms with van der Waals surface area (Å²) >= 11 is 1.84. The van der Waals surface area contributed by atoms with Gasteiger partial charge in [0.25, 0.3) is 0 Å². The van der Waals surface area contributed by atoms with Crippen LogP contribution in [0.5, 0.6) is 0 Å². The molecule has 39 heavy (non-hydrogen) atoms. The molecule has 0 aliphatic heterocycles. The molecule has 0 saturated heterocycles. The van der Waals surface area contributed by atoms with Crippen LogP contribution in [0.15, 0.2) is 79.8 Å². The van der Waals surface area contributed by atoms with E-state index in [1.807, 2.05) is 54.6 Å². The van der Waals surface area contributed by atoms with Gasteiger partial charge in [0.15, 0.2) is 0 Å². The maximum Gasteiger partial charge on any atom is 0.136 e. The zero-order valence-electron chi connectivity index (χ0n) is 24.7. The van der Waals surface area contributed by atoms with Crippen molar-refractivity contribution in [2.75, 3.05) is 0 Å². The van der Waals surface area contributed by atoms with Crippen molar-refractivity contribution >= 4 is 38.0 Å². The SMILES string of the molecule is CC(C)(C)c1cc2ccncc2s1.CC(C)(C)c1cc2cnccc2[nH]1.CC(C)(C)c1ccc2nccn2c1. The number of aromatic amines is 1. The summed E-state index contributed by atoms with van der Waals surface area (Å²) in [6, 6.07) is 12.7. The summed E-state index contributed by atoms with van der Waals surface area (Å²) in [5.41, 5.74) is 5.41. The van der Waals surface area contributed by atoms with Crippen LogP contribution in [0, 0.1) is 0 Å². The monoisotopic (exact) mass is 539 g/mol. The van der Waals surface area contributed by atoms with Crippen molar-refractivity contribution in [2.24, 2.45) is 0 Å².